The van der Waals surface area contributed by atoms with Gasteiger partial charge >= 0.3 is 11.9 Å². The molecule has 166 valence electrons. The highest BCUT2D eigenvalue weighted by atomic mass is 35.5. The van der Waals surface area contributed by atoms with Crippen LogP contribution in [0.5, 0.6) is 5.75 Å². The van der Waals surface area contributed by atoms with E-state index in [1.165, 1.54) is 6.26 Å². The first-order valence-electron chi connectivity index (χ1n) is 9.17. The van der Waals surface area contributed by atoms with E-state index in [2.05, 4.69) is 37.3 Å². The van der Waals surface area contributed by atoms with E-state index in [9.17, 15) is 14.9 Å². The minimum absolute atomic E-state index is 0.0161. The number of hydrogen-bond acceptors (Lipinski definition) is 7. The topological polar surface area (TPSA) is 146 Å². The molecule has 0 radical (unpaired) electrons. The summed E-state index contributed by atoms with van der Waals surface area (Å²) in [5.41, 5.74) is 1.14. The van der Waals surface area contributed by atoms with E-state index in [1.54, 1.807) is 24.3 Å². The summed E-state index contributed by atoms with van der Waals surface area (Å²) in [4.78, 5) is 19.1. The third kappa shape index (κ3) is 10.8. The molecule has 3 N–H and O–H groups in total. The summed E-state index contributed by atoms with van der Waals surface area (Å²) in [6.45, 7) is 7.04. The lowest BCUT2D eigenvalue weighted by Crippen LogP contribution is -2.37. The molecule has 0 saturated heterocycles. The van der Waals surface area contributed by atoms with Crippen molar-refractivity contribution < 1.29 is 29.1 Å². The number of carbonyl (C=O) groups is 2. The number of aromatic nitrogens is 1. The van der Waals surface area contributed by atoms with Gasteiger partial charge in [0.15, 0.2) is 0 Å². The zero-order chi connectivity index (χ0) is 23.4. The summed E-state index contributed by atoms with van der Waals surface area (Å²) in [5, 5.41) is 32.7. The average molecular weight is 450 g/mol. The number of carboxylic acids is 2. The molecule has 9 nitrogen and oxygen atoms in total. The maximum Gasteiger partial charge on any atom is 0.328 e. The van der Waals surface area contributed by atoms with E-state index in [1.807, 2.05) is 0 Å². The summed E-state index contributed by atoms with van der Waals surface area (Å²) >= 11 is 6.01. The zero-order valence-electron chi connectivity index (χ0n) is 17.3. The second-order valence-electron chi connectivity index (χ2n) is 7.26. The molecule has 0 fully saturated rings. The minimum Gasteiger partial charge on any atom is -0.482 e. The quantitative estimate of drug-likeness (QED) is 0.512. The van der Waals surface area contributed by atoms with Crippen molar-refractivity contribution in [2.45, 2.75) is 38.8 Å². The van der Waals surface area contributed by atoms with Crippen LogP contribution < -0.4 is 10.1 Å². The Morgan fingerprint density at radius 1 is 1.29 bits per heavy atom. The van der Waals surface area contributed by atoms with Crippen molar-refractivity contribution in [3.63, 3.8) is 0 Å². The fourth-order valence-electron chi connectivity index (χ4n) is 2.22. The highest BCUT2D eigenvalue weighted by molar-refractivity contribution is 6.30. The van der Waals surface area contributed by atoms with Crippen LogP contribution in [0.15, 0.2) is 47.2 Å². The molecule has 1 heterocycles. The number of benzene rings is 1. The second-order valence-corrected chi connectivity index (χ2v) is 7.69. The fraction of sp³-hybridized carbons (Fsp3) is 0.333. The third-order valence-electron chi connectivity index (χ3n) is 3.55. The van der Waals surface area contributed by atoms with Crippen LogP contribution in [0.1, 0.15) is 44.6 Å². The summed E-state index contributed by atoms with van der Waals surface area (Å²) in [5.74, 6) is -2.07. The number of aliphatic carboxylic acids is 2. The summed E-state index contributed by atoms with van der Waals surface area (Å²) < 4.78 is 10.9. The Kier molecular flexibility index (Phi) is 10.2. The van der Waals surface area contributed by atoms with Gasteiger partial charge in [0.05, 0.1) is 5.56 Å². The minimum atomic E-state index is -1.26. The van der Waals surface area contributed by atoms with Gasteiger partial charge in [-0.15, -0.1) is 0 Å². The van der Waals surface area contributed by atoms with Gasteiger partial charge < -0.3 is 24.8 Å². The third-order valence-corrected chi connectivity index (χ3v) is 3.79. The van der Waals surface area contributed by atoms with Crippen molar-refractivity contribution in [2.75, 3.05) is 6.54 Å². The van der Waals surface area contributed by atoms with E-state index in [0.717, 1.165) is 6.54 Å². The smallest absolute Gasteiger partial charge is 0.328 e. The number of ether oxygens (including phenoxy) is 1. The predicted molar refractivity (Wildman–Crippen MR) is 113 cm³/mol. The lowest BCUT2D eigenvalue weighted by atomic mass is 10.1. The average Bonchev–Trinajstić information content (AvgIpc) is 3.20. The Bertz CT molecular complexity index is 914. The van der Waals surface area contributed by atoms with E-state index >= 15 is 0 Å². The molecule has 1 aromatic heterocycles. The van der Waals surface area contributed by atoms with Gasteiger partial charge in [0.2, 0.25) is 0 Å². The Hall–Kier alpha value is -3.35. The maximum absolute atomic E-state index is 9.55. The van der Waals surface area contributed by atoms with Crippen molar-refractivity contribution in [3.8, 4) is 11.8 Å². The molecule has 0 aliphatic carbocycles. The van der Waals surface area contributed by atoms with Crippen molar-refractivity contribution in [1.29, 1.82) is 5.26 Å². The largest absolute Gasteiger partial charge is 0.482 e. The second kappa shape index (κ2) is 12.4. The van der Waals surface area contributed by atoms with Gasteiger partial charge in [-0.25, -0.2) is 9.59 Å². The first-order valence-corrected chi connectivity index (χ1v) is 9.55. The lowest BCUT2D eigenvalue weighted by Gasteiger charge is -2.23. The molecule has 31 heavy (non-hydrogen) atoms. The van der Waals surface area contributed by atoms with Gasteiger partial charge in [-0.2, -0.15) is 5.26 Å². The molecule has 2 rings (SSSR count). The van der Waals surface area contributed by atoms with E-state index in [-0.39, 0.29) is 11.6 Å². The number of rotatable bonds is 8. The van der Waals surface area contributed by atoms with Crippen molar-refractivity contribution >= 4 is 23.5 Å². The predicted octanol–water partition coefficient (Wildman–Crippen LogP) is 3.81. The number of nitrogens with one attached hydrogen (secondary N) is 1. The molecule has 0 aliphatic rings. The van der Waals surface area contributed by atoms with Crippen LogP contribution in [0.3, 0.4) is 0 Å². The molecule has 1 aromatic carbocycles. The zero-order valence-corrected chi connectivity index (χ0v) is 18.1. The monoisotopic (exact) mass is 449 g/mol. The van der Waals surface area contributed by atoms with E-state index in [0.29, 0.717) is 40.6 Å². The molecule has 1 atom stereocenters. The van der Waals surface area contributed by atoms with Gasteiger partial charge in [0.1, 0.15) is 29.9 Å². The van der Waals surface area contributed by atoms with Crippen LogP contribution in [0, 0.1) is 11.3 Å². The molecule has 0 spiro atoms. The molecule has 0 amide bonds. The summed E-state index contributed by atoms with van der Waals surface area (Å²) in [7, 11) is 0. The number of carboxylic acid groups (broad SMARTS) is 2. The molecule has 0 saturated carbocycles. The van der Waals surface area contributed by atoms with Gasteiger partial charge in [-0.3, -0.25) is 0 Å². The maximum atomic E-state index is 9.55. The van der Waals surface area contributed by atoms with Gasteiger partial charge in [-0.05, 0) is 39.4 Å². The van der Waals surface area contributed by atoms with Crippen LogP contribution in [0.4, 0.5) is 0 Å². The van der Waals surface area contributed by atoms with Crippen molar-refractivity contribution in [3.05, 3.63) is 59.0 Å². The number of hydrogen-bond donors (Lipinski definition) is 3. The van der Waals surface area contributed by atoms with Crippen LogP contribution in [0.2, 0.25) is 5.02 Å². The van der Waals surface area contributed by atoms with Crippen LogP contribution in [0.25, 0.3) is 0 Å². The molecule has 0 unspecified atom stereocenters. The Morgan fingerprint density at radius 2 is 1.94 bits per heavy atom. The van der Waals surface area contributed by atoms with Gasteiger partial charge in [-0.1, -0.05) is 16.8 Å². The fourth-order valence-corrected chi connectivity index (χ4v) is 2.38. The Morgan fingerprint density at radius 3 is 2.42 bits per heavy atom. The Labute approximate surface area is 184 Å². The molecule has 0 aliphatic heterocycles. The Balaban J connectivity index is 0.000000512. The molecule has 0 bridgehead atoms. The highest BCUT2D eigenvalue weighted by Gasteiger charge is 2.20. The highest BCUT2D eigenvalue weighted by Crippen LogP contribution is 2.29. The molecule has 10 heteroatoms. The van der Waals surface area contributed by atoms with Crippen LogP contribution >= 0.6 is 11.6 Å². The number of halogens is 1. The SMILES string of the molecule is CC(C)(C)NCC[C@@H](Oc1cc(Cl)ccc1C#N)c1ccon1.O=C(O)/C=C/C(=O)O. The van der Waals surface area contributed by atoms with Gasteiger partial charge in [0, 0.05) is 41.3 Å². The molecular formula is C21H24ClN3O6. The first-order chi connectivity index (χ1) is 14.5. The lowest BCUT2D eigenvalue weighted by molar-refractivity contribution is -0.134. The number of nitriles is 1. The first kappa shape index (κ1) is 25.7. The van der Waals surface area contributed by atoms with Crippen LogP contribution in [-0.2, 0) is 9.59 Å². The van der Waals surface area contributed by atoms with Crippen molar-refractivity contribution in [1.82, 2.24) is 10.5 Å². The summed E-state index contributed by atoms with van der Waals surface area (Å²) in [6.07, 6.45) is 2.98. The van der Waals surface area contributed by atoms with Crippen molar-refractivity contribution in [2.24, 2.45) is 0 Å². The molecule has 2 aromatic rings. The van der Waals surface area contributed by atoms with E-state index < -0.39 is 11.9 Å². The standard InChI is InChI=1S/C17H20ClN3O2.C4H4O4/c1-17(2,3)20-8-6-15(14-7-9-22-21-14)23-16-10-13(18)5-4-12(16)11-19;5-3(6)1-2-4(7)8/h4-5,7,9-10,15,20H,6,8H2,1-3H3;1-2H,(H,5,6)(H,7,8)/b;2-1+/t15-;/m1./s1. The van der Waals surface area contributed by atoms with Gasteiger partial charge in [0.25, 0.3) is 0 Å². The normalized spacial score (nSPS) is 11.8. The molecular weight excluding hydrogens is 426 g/mol. The van der Waals surface area contributed by atoms with Crippen LogP contribution in [-0.4, -0.2) is 39.4 Å². The van der Waals surface area contributed by atoms with E-state index in [4.69, 9.17) is 31.1 Å². The number of nitrogens with zero attached hydrogens (tertiary/aromatic N) is 2. The summed E-state index contributed by atoms with van der Waals surface area (Å²) in [6, 6.07) is 8.83.